The molecule has 0 aliphatic rings. The smallest absolute Gasteiger partial charge is 0.0546 e. The number of nitrogens with one attached hydrogen (secondary N) is 1. The molecule has 0 aromatic carbocycles. The highest BCUT2D eigenvalue weighted by molar-refractivity contribution is 4.58. The van der Waals surface area contributed by atoms with Crippen molar-refractivity contribution in [2.75, 3.05) is 6.54 Å². The molecule has 0 aromatic rings. The van der Waals surface area contributed by atoms with E-state index in [2.05, 4.69) is 19.2 Å². The number of unbranched alkanes of at least 4 members (excludes halogenated alkanes) is 3. The number of nitrogens with two attached hydrogens (primary N) is 1. The minimum Gasteiger partial charge on any atom is -0.316 e. The van der Waals surface area contributed by atoms with E-state index in [9.17, 15) is 0 Å². The van der Waals surface area contributed by atoms with Gasteiger partial charge in [-0.05, 0) is 19.4 Å². The summed E-state index contributed by atoms with van der Waals surface area (Å²) in [5.74, 6) is 0. The number of rotatable bonds is 8. The lowest BCUT2D eigenvalue weighted by Gasteiger charge is -2.12. The van der Waals surface area contributed by atoms with Crippen LogP contribution >= 0.6 is 0 Å². The Morgan fingerprint density at radius 3 is 2.33 bits per heavy atom. The molecule has 0 saturated heterocycles. The van der Waals surface area contributed by atoms with E-state index < -0.39 is 0 Å². The molecule has 2 nitrogen and oxygen atoms in total. The topological polar surface area (TPSA) is 38.0 Å². The highest BCUT2D eigenvalue weighted by Gasteiger charge is 1.98. The lowest BCUT2D eigenvalue weighted by atomic mass is 10.2. The SMILES string of the molecule is CCCCCC(N)NCCCC. The van der Waals surface area contributed by atoms with Gasteiger partial charge in [0.05, 0.1) is 6.17 Å². The van der Waals surface area contributed by atoms with E-state index >= 15 is 0 Å². The maximum Gasteiger partial charge on any atom is 0.0546 e. The van der Waals surface area contributed by atoms with Crippen LogP contribution in [0.25, 0.3) is 0 Å². The van der Waals surface area contributed by atoms with Crippen molar-refractivity contribution in [3.8, 4) is 0 Å². The molecule has 1 atom stereocenters. The van der Waals surface area contributed by atoms with Gasteiger partial charge in [-0.2, -0.15) is 0 Å². The van der Waals surface area contributed by atoms with Gasteiger partial charge in [0.15, 0.2) is 0 Å². The van der Waals surface area contributed by atoms with Crippen LogP contribution in [0.4, 0.5) is 0 Å². The molecule has 74 valence electrons. The normalized spacial score (nSPS) is 13.2. The van der Waals surface area contributed by atoms with Gasteiger partial charge in [-0.25, -0.2) is 0 Å². The fraction of sp³-hybridized carbons (Fsp3) is 1.00. The molecule has 2 heteroatoms. The summed E-state index contributed by atoms with van der Waals surface area (Å²) in [4.78, 5) is 0. The van der Waals surface area contributed by atoms with Gasteiger partial charge < -0.3 is 11.1 Å². The Bertz CT molecular complexity index is 73.9. The van der Waals surface area contributed by atoms with Gasteiger partial charge in [-0.15, -0.1) is 0 Å². The molecule has 0 aromatic heterocycles. The van der Waals surface area contributed by atoms with E-state index in [1.807, 2.05) is 0 Å². The molecule has 12 heavy (non-hydrogen) atoms. The lowest BCUT2D eigenvalue weighted by molar-refractivity contribution is 0.465. The second-order valence-electron chi connectivity index (χ2n) is 3.41. The number of hydrogen-bond acceptors (Lipinski definition) is 2. The summed E-state index contributed by atoms with van der Waals surface area (Å²) >= 11 is 0. The fourth-order valence-corrected chi connectivity index (χ4v) is 1.18. The Labute approximate surface area is 76.9 Å². The average molecular weight is 172 g/mol. The molecule has 0 amide bonds. The van der Waals surface area contributed by atoms with Crippen molar-refractivity contribution in [1.82, 2.24) is 5.32 Å². The molecule has 3 N–H and O–H groups in total. The summed E-state index contributed by atoms with van der Waals surface area (Å²) in [6.07, 6.45) is 7.68. The largest absolute Gasteiger partial charge is 0.316 e. The van der Waals surface area contributed by atoms with Gasteiger partial charge in [0.25, 0.3) is 0 Å². The standard InChI is InChI=1S/C10H24N2/c1-3-5-7-8-10(11)12-9-6-4-2/h10,12H,3-9,11H2,1-2H3. The van der Waals surface area contributed by atoms with Gasteiger partial charge in [0.2, 0.25) is 0 Å². The third kappa shape index (κ3) is 8.02. The van der Waals surface area contributed by atoms with Crippen LogP contribution in [0.1, 0.15) is 52.4 Å². The van der Waals surface area contributed by atoms with E-state index in [1.54, 1.807) is 0 Å². The summed E-state index contributed by atoms with van der Waals surface area (Å²) in [7, 11) is 0. The third-order valence-electron chi connectivity index (χ3n) is 2.06. The molecular weight excluding hydrogens is 148 g/mol. The van der Waals surface area contributed by atoms with Gasteiger partial charge in [0.1, 0.15) is 0 Å². The quantitative estimate of drug-likeness (QED) is 0.435. The summed E-state index contributed by atoms with van der Waals surface area (Å²) in [6.45, 7) is 5.49. The first-order valence-corrected chi connectivity index (χ1v) is 5.30. The van der Waals surface area contributed by atoms with Gasteiger partial charge >= 0.3 is 0 Å². The van der Waals surface area contributed by atoms with Crippen molar-refractivity contribution in [2.45, 2.75) is 58.5 Å². The Morgan fingerprint density at radius 2 is 1.75 bits per heavy atom. The first-order chi connectivity index (χ1) is 5.81. The Hall–Kier alpha value is -0.0800. The van der Waals surface area contributed by atoms with Gasteiger partial charge in [-0.3, -0.25) is 0 Å². The van der Waals surface area contributed by atoms with Crippen LogP contribution < -0.4 is 11.1 Å². The highest BCUT2D eigenvalue weighted by atomic mass is 15.0. The van der Waals surface area contributed by atoms with E-state index in [-0.39, 0.29) is 6.17 Å². The van der Waals surface area contributed by atoms with Crippen molar-refractivity contribution < 1.29 is 0 Å². The third-order valence-corrected chi connectivity index (χ3v) is 2.06. The second-order valence-corrected chi connectivity index (χ2v) is 3.41. The van der Waals surface area contributed by atoms with Crippen LogP contribution in [-0.4, -0.2) is 12.7 Å². The van der Waals surface area contributed by atoms with E-state index in [4.69, 9.17) is 5.73 Å². The summed E-state index contributed by atoms with van der Waals surface area (Å²) in [5, 5.41) is 3.32. The summed E-state index contributed by atoms with van der Waals surface area (Å²) in [6, 6.07) is 0. The zero-order chi connectivity index (χ0) is 9.23. The van der Waals surface area contributed by atoms with E-state index in [1.165, 1.54) is 32.1 Å². The van der Waals surface area contributed by atoms with Crippen LogP contribution in [0.15, 0.2) is 0 Å². The predicted molar refractivity (Wildman–Crippen MR) is 55.0 cm³/mol. The van der Waals surface area contributed by atoms with Gasteiger partial charge in [-0.1, -0.05) is 39.5 Å². The second kappa shape index (κ2) is 9.01. The zero-order valence-corrected chi connectivity index (χ0v) is 8.60. The van der Waals surface area contributed by atoms with Crippen molar-refractivity contribution >= 4 is 0 Å². The van der Waals surface area contributed by atoms with Crippen molar-refractivity contribution in [3.05, 3.63) is 0 Å². The van der Waals surface area contributed by atoms with E-state index in [0.717, 1.165) is 13.0 Å². The summed E-state index contributed by atoms with van der Waals surface area (Å²) in [5.41, 5.74) is 5.84. The molecule has 0 saturated carbocycles. The first kappa shape index (κ1) is 11.9. The molecule has 0 aliphatic heterocycles. The molecule has 0 heterocycles. The fourth-order valence-electron chi connectivity index (χ4n) is 1.18. The highest BCUT2D eigenvalue weighted by Crippen LogP contribution is 1.99. The Morgan fingerprint density at radius 1 is 1.08 bits per heavy atom. The number of hydrogen-bond donors (Lipinski definition) is 2. The van der Waals surface area contributed by atoms with E-state index in [0.29, 0.717) is 0 Å². The van der Waals surface area contributed by atoms with Crippen LogP contribution in [0, 0.1) is 0 Å². The van der Waals surface area contributed by atoms with Crippen LogP contribution in [-0.2, 0) is 0 Å². The minimum absolute atomic E-state index is 0.225. The molecule has 0 bridgehead atoms. The monoisotopic (exact) mass is 172 g/mol. The zero-order valence-electron chi connectivity index (χ0n) is 8.60. The molecule has 0 spiro atoms. The Kier molecular flexibility index (Phi) is 8.95. The molecule has 0 fully saturated rings. The molecular formula is C10H24N2. The average Bonchev–Trinajstić information content (AvgIpc) is 2.06. The van der Waals surface area contributed by atoms with Crippen LogP contribution in [0.3, 0.4) is 0 Å². The predicted octanol–water partition coefficient (Wildman–Crippen LogP) is 2.24. The molecule has 0 radical (unpaired) electrons. The van der Waals surface area contributed by atoms with Crippen molar-refractivity contribution in [1.29, 1.82) is 0 Å². The van der Waals surface area contributed by atoms with Gasteiger partial charge in [0, 0.05) is 0 Å². The minimum atomic E-state index is 0.225. The van der Waals surface area contributed by atoms with Crippen molar-refractivity contribution in [3.63, 3.8) is 0 Å². The molecule has 0 aliphatic carbocycles. The van der Waals surface area contributed by atoms with Crippen LogP contribution in [0.5, 0.6) is 0 Å². The maximum absolute atomic E-state index is 5.84. The molecule has 1 unspecified atom stereocenters. The summed E-state index contributed by atoms with van der Waals surface area (Å²) < 4.78 is 0. The lowest BCUT2D eigenvalue weighted by Crippen LogP contribution is -2.37. The Balaban J connectivity index is 3.04. The van der Waals surface area contributed by atoms with Crippen LogP contribution in [0.2, 0.25) is 0 Å². The molecule has 0 rings (SSSR count). The first-order valence-electron chi connectivity index (χ1n) is 5.30. The van der Waals surface area contributed by atoms with Crippen molar-refractivity contribution in [2.24, 2.45) is 5.73 Å². The maximum atomic E-state index is 5.84.